The summed E-state index contributed by atoms with van der Waals surface area (Å²) in [5.41, 5.74) is 0. The fourth-order valence-electron chi connectivity index (χ4n) is 3.66. The number of aromatic nitrogens is 3. The molecule has 144 valence electrons. The second kappa shape index (κ2) is 7.14. The molecule has 1 aromatic heterocycles. The van der Waals surface area contributed by atoms with Crippen LogP contribution in [0.5, 0.6) is 0 Å². The molecular weight excluding hydrogens is 372 g/mol. The first-order valence-electron chi connectivity index (χ1n) is 9.56. The van der Waals surface area contributed by atoms with E-state index in [2.05, 4.69) is 14.8 Å². The van der Waals surface area contributed by atoms with Crippen LogP contribution in [0, 0.1) is 0 Å². The highest BCUT2D eigenvalue weighted by Gasteiger charge is 2.37. The number of rotatable bonds is 8. The number of hydrogen-bond acceptors (Lipinski definition) is 6. The zero-order valence-corrected chi connectivity index (χ0v) is 16.8. The lowest BCUT2D eigenvalue weighted by Crippen LogP contribution is -2.42. The van der Waals surface area contributed by atoms with Crippen LogP contribution in [-0.2, 0) is 14.6 Å². The largest absolute Gasteiger partial charge is 0.338 e. The molecule has 4 rings (SSSR count). The van der Waals surface area contributed by atoms with Gasteiger partial charge in [0.1, 0.15) is 5.82 Å². The van der Waals surface area contributed by atoms with E-state index < -0.39 is 9.84 Å². The molecule has 3 fully saturated rings. The summed E-state index contributed by atoms with van der Waals surface area (Å²) in [5, 5.41) is 9.57. The number of nitrogens with zero attached hydrogens (tertiary/aromatic N) is 4. The van der Waals surface area contributed by atoms with Gasteiger partial charge in [0.15, 0.2) is 15.0 Å². The molecule has 0 unspecified atom stereocenters. The summed E-state index contributed by atoms with van der Waals surface area (Å²) >= 11 is 1.45. The van der Waals surface area contributed by atoms with Gasteiger partial charge in [0.05, 0.1) is 17.3 Å². The molecule has 7 nitrogen and oxygen atoms in total. The quantitative estimate of drug-likeness (QED) is 0.623. The van der Waals surface area contributed by atoms with Gasteiger partial charge in [0.25, 0.3) is 0 Å². The van der Waals surface area contributed by atoms with E-state index in [0.717, 1.165) is 17.4 Å². The maximum absolute atomic E-state index is 12.8. The molecule has 0 spiro atoms. The van der Waals surface area contributed by atoms with Crippen molar-refractivity contribution >= 4 is 27.5 Å². The van der Waals surface area contributed by atoms with Crippen LogP contribution in [0.15, 0.2) is 5.16 Å². The van der Waals surface area contributed by atoms with Crippen LogP contribution in [0.2, 0.25) is 0 Å². The Bertz CT molecular complexity index is 784. The van der Waals surface area contributed by atoms with Gasteiger partial charge in [-0.15, -0.1) is 10.2 Å². The van der Waals surface area contributed by atoms with Crippen LogP contribution in [0.25, 0.3) is 0 Å². The Morgan fingerprint density at radius 1 is 1.23 bits per heavy atom. The Morgan fingerprint density at radius 2 is 2.00 bits per heavy atom. The molecule has 9 heteroatoms. The first kappa shape index (κ1) is 18.3. The molecule has 2 heterocycles. The SMILES string of the molecule is CCCN(C(=O)CSc1nnc(C2CC2)n1C1CC1)[C@@H]1CCS(=O)(=O)C1. The molecule has 26 heavy (non-hydrogen) atoms. The van der Waals surface area contributed by atoms with Gasteiger partial charge < -0.3 is 9.47 Å². The molecule has 1 amide bonds. The predicted octanol–water partition coefficient (Wildman–Crippen LogP) is 2.01. The summed E-state index contributed by atoms with van der Waals surface area (Å²) < 4.78 is 25.8. The van der Waals surface area contributed by atoms with Crippen molar-refractivity contribution < 1.29 is 13.2 Å². The molecule has 1 saturated heterocycles. The van der Waals surface area contributed by atoms with Crippen LogP contribution >= 0.6 is 11.8 Å². The smallest absolute Gasteiger partial charge is 0.233 e. The molecule has 0 aromatic carbocycles. The standard InChI is InChI=1S/C17H26N4O3S2/c1-2-8-20(14-7-9-26(23,24)11-14)15(22)10-25-17-19-18-16(12-3-4-12)21(17)13-5-6-13/h12-14H,2-11H2,1H3/t14-/m1/s1. The molecule has 2 aliphatic carbocycles. The maximum atomic E-state index is 12.8. The van der Waals surface area contributed by atoms with Gasteiger partial charge in [0, 0.05) is 24.5 Å². The van der Waals surface area contributed by atoms with Crippen LogP contribution < -0.4 is 0 Å². The maximum Gasteiger partial charge on any atom is 0.233 e. The van der Waals surface area contributed by atoms with E-state index in [1.165, 1.54) is 37.4 Å². The average molecular weight is 399 g/mol. The van der Waals surface area contributed by atoms with Crippen molar-refractivity contribution in [2.24, 2.45) is 0 Å². The monoisotopic (exact) mass is 398 g/mol. The van der Waals surface area contributed by atoms with Crippen LogP contribution in [0.3, 0.4) is 0 Å². The Labute approximate surface area is 158 Å². The number of carbonyl (C=O) groups excluding carboxylic acids is 1. The van der Waals surface area contributed by atoms with E-state index >= 15 is 0 Å². The van der Waals surface area contributed by atoms with Gasteiger partial charge in [-0.25, -0.2) is 8.42 Å². The van der Waals surface area contributed by atoms with Gasteiger partial charge in [-0.3, -0.25) is 4.79 Å². The molecule has 1 aliphatic heterocycles. The Morgan fingerprint density at radius 3 is 2.58 bits per heavy atom. The van der Waals surface area contributed by atoms with Crippen molar-refractivity contribution in [2.75, 3.05) is 23.8 Å². The van der Waals surface area contributed by atoms with Crippen molar-refractivity contribution in [1.29, 1.82) is 0 Å². The van der Waals surface area contributed by atoms with Gasteiger partial charge in [-0.1, -0.05) is 18.7 Å². The Hall–Kier alpha value is -1.09. The third kappa shape index (κ3) is 3.93. The lowest BCUT2D eigenvalue weighted by atomic mass is 10.2. The summed E-state index contributed by atoms with van der Waals surface area (Å²) in [7, 11) is -3.00. The van der Waals surface area contributed by atoms with E-state index in [4.69, 9.17) is 0 Å². The number of thioether (sulfide) groups is 1. The first-order valence-corrected chi connectivity index (χ1v) is 12.4. The molecule has 1 atom stereocenters. The summed E-state index contributed by atoms with van der Waals surface area (Å²) in [5.74, 6) is 2.25. The minimum atomic E-state index is -3.00. The molecule has 0 radical (unpaired) electrons. The van der Waals surface area contributed by atoms with Gasteiger partial charge in [-0.2, -0.15) is 0 Å². The fourth-order valence-corrected chi connectivity index (χ4v) is 6.29. The molecule has 2 saturated carbocycles. The number of sulfone groups is 1. The van der Waals surface area contributed by atoms with Crippen molar-refractivity contribution in [3.63, 3.8) is 0 Å². The topological polar surface area (TPSA) is 85.2 Å². The van der Waals surface area contributed by atoms with Crippen LogP contribution in [0.4, 0.5) is 0 Å². The molecule has 3 aliphatic rings. The van der Waals surface area contributed by atoms with Crippen molar-refractivity contribution in [2.45, 2.75) is 68.6 Å². The summed E-state index contributed by atoms with van der Waals surface area (Å²) in [6.45, 7) is 2.63. The fraction of sp³-hybridized carbons (Fsp3) is 0.824. The van der Waals surface area contributed by atoms with Crippen molar-refractivity contribution in [1.82, 2.24) is 19.7 Å². The highest BCUT2D eigenvalue weighted by Crippen LogP contribution is 2.46. The van der Waals surface area contributed by atoms with Gasteiger partial charge in [0.2, 0.25) is 5.91 Å². The lowest BCUT2D eigenvalue weighted by molar-refractivity contribution is -0.130. The first-order chi connectivity index (χ1) is 12.5. The number of carbonyl (C=O) groups is 1. The molecule has 0 N–H and O–H groups in total. The minimum absolute atomic E-state index is 0.0114. The van der Waals surface area contributed by atoms with Crippen LogP contribution in [0.1, 0.15) is 63.2 Å². The predicted molar refractivity (Wildman–Crippen MR) is 100 cm³/mol. The Kier molecular flexibility index (Phi) is 5.02. The van der Waals surface area contributed by atoms with Crippen LogP contribution in [-0.4, -0.2) is 63.8 Å². The third-order valence-corrected chi connectivity index (χ3v) is 7.98. The van der Waals surface area contributed by atoms with Gasteiger partial charge >= 0.3 is 0 Å². The summed E-state index contributed by atoms with van der Waals surface area (Å²) in [6, 6.07) is 0.335. The normalized spacial score (nSPS) is 24.7. The summed E-state index contributed by atoms with van der Waals surface area (Å²) in [6.07, 6.45) is 6.10. The molecular formula is C17H26N4O3S2. The molecule has 1 aromatic rings. The summed E-state index contributed by atoms with van der Waals surface area (Å²) in [4.78, 5) is 14.6. The second-order valence-electron chi connectivity index (χ2n) is 7.65. The van der Waals surface area contributed by atoms with Crippen molar-refractivity contribution in [3.8, 4) is 0 Å². The zero-order valence-electron chi connectivity index (χ0n) is 15.1. The lowest BCUT2D eigenvalue weighted by Gasteiger charge is -2.27. The molecule has 0 bridgehead atoms. The highest BCUT2D eigenvalue weighted by atomic mass is 32.2. The van der Waals surface area contributed by atoms with E-state index in [-0.39, 0.29) is 23.5 Å². The van der Waals surface area contributed by atoms with E-state index in [1.54, 1.807) is 4.90 Å². The van der Waals surface area contributed by atoms with Gasteiger partial charge in [-0.05, 0) is 38.5 Å². The highest BCUT2D eigenvalue weighted by molar-refractivity contribution is 7.99. The number of amides is 1. The minimum Gasteiger partial charge on any atom is -0.338 e. The van der Waals surface area contributed by atoms with E-state index in [9.17, 15) is 13.2 Å². The number of hydrogen-bond donors (Lipinski definition) is 0. The van der Waals surface area contributed by atoms with E-state index in [0.29, 0.717) is 30.7 Å². The Balaban J connectivity index is 1.42. The van der Waals surface area contributed by atoms with Crippen molar-refractivity contribution in [3.05, 3.63) is 5.82 Å². The second-order valence-corrected chi connectivity index (χ2v) is 10.8. The zero-order chi connectivity index (χ0) is 18.3. The average Bonchev–Trinajstić information content (AvgIpc) is 3.53. The van der Waals surface area contributed by atoms with E-state index in [1.807, 2.05) is 6.92 Å². The third-order valence-electron chi connectivity index (χ3n) is 5.30.